The van der Waals surface area contributed by atoms with Gasteiger partial charge in [0.15, 0.2) is 0 Å². The monoisotopic (exact) mass is 570 g/mol. The van der Waals surface area contributed by atoms with Crippen LogP contribution in [0.4, 0.5) is 10.5 Å². The smallest absolute Gasteiger partial charge is 0.411 e. The molecule has 42 heavy (non-hydrogen) atoms. The van der Waals surface area contributed by atoms with E-state index in [0.717, 1.165) is 30.1 Å². The molecule has 1 atom stereocenters. The fourth-order valence-electron chi connectivity index (χ4n) is 4.76. The molecule has 0 saturated heterocycles. The average Bonchev–Trinajstić information content (AvgIpc) is 3.66. The summed E-state index contributed by atoms with van der Waals surface area (Å²) in [4.78, 5) is 56.2. The predicted molar refractivity (Wildman–Crippen MR) is 152 cm³/mol. The quantitative estimate of drug-likeness (QED) is 0.272. The Morgan fingerprint density at radius 3 is 2.31 bits per heavy atom. The molecule has 12 heteroatoms. The number of hydrogen-bond donors (Lipinski definition) is 2. The number of aromatic nitrogens is 4. The zero-order valence-corrected chi connectivity index (χ0v) is 23.4. The molecule has 2 aromatic carbocycles. The van der Waals surface area contributed by atoms with E-state index in [0.29, 0.717) is 11.5 Å². The van der Waals surface area contributed by atoms with Crippen molar-refractivity contribution in [2.75, 3.05) is 12.4 Å². The Morgan fingerprint density at radius 2 is 1.69 bits per heavy atom. The molecule has 0 radical (unpaired) electrons. The van der Waals surface area contributed by atoms with Gasteiger partial charge in [-0.05, 0) is 24.3 Å². The molecule has 1 fully saturated rings. The van der Waals surface area contributed by atoms with E-state index in [2.05, 4.69) is 30.6 Å². The van der Waals surface area contributed by atoms with Crippen molar-refractivity contribution < 1.29 is 23.5 Å². The summed E-state index contributed by atoms with van der Waals surface area (Å²) in [6.07, 6.45) is 1.99. The number of ether oxygens (including phenoxy) is 1. The molecule has 5 rings (SSSR count). The maximum absolute atomic E-state index is 13.5. The normalized spacial score (nSPS) is 14.2. The summed E-state index contributed by atoms with van der Waals surface area (Å²) in [5, 5.41) is 13.2. The first-order chi connectivity index (χ1) is 20.2. The van der Waals surface area contributed by atoms with Crippen molar-refractivity contribution in [1.82, 2.24) is 25.1 Å². The number of rotatable bonds is 10. The second-order valence-corrected chi connectivity index (χ2v) is 10.4. The lowest BCUT2D eigenvalue weighted by Crippen LogP contribution is -2.46. The molecule has 1 saturated carbocycles. The Morgan fingerprint density at radius 1 is 1.02 bits per heavy atom. The van der Waals surface area contributed by atoms with Gasteiger partial charge in [0.05, 0.1) is 24.8 Å². The van der Waals surface area contributed by atoms with E-state index in [1.54, 1.807) is 44.2 Å². The molecule has 216 valence electrons. The highest BCUT2D eigenvalue weighted by Crippen LogP contribution is 2.52. The maximum Gasteiger partial charge on any atom is 0.411 e. The van der Waals surface area contributed by atoms with Crippen LogP contribution in [0.15, 0.2) is 76.1 Å². The van der Waals surface area contributed by atoms with Gasteiger partial charge in [0.1, 0.15) is 18.1 Å². The minimum Gasteiger partial charge on any atom is -0.453 e. The summed E-state index contributed by atoms with van der Waals surface area (Å²) >= 11 is 0. The number of ketones is 1. The van der Waals surface area contributed by atoms with E-state index in [9.17, 15) is 19.2 Å². The molecule has 2 amide bonds. The molecule has 1 aliphatic rings. The molecule has 0 spiro atoms. The Hall–Kier alpha value is -5.13. The zero-order valence-electron chi connectivity index (χ0n) is 23.4. The van der Waals surface area contributed by atoms with Crippen LogP contribution in [0.25, 0.3) is 11.4 Å². The number of anilines is 1. The van der Waals surface area contributed by atoms with Gasteiger partial charge in [0.25, 0.3) is 11.4 Å². The number of methoxy groups -OCH3 is 1. The second kappa shape index (κ2) is 11.8. The van der Waals surface area contributed by atoms with E-state index in [1.165, 1.54) is 6.20 Å². The molecule has 2 N–H and O–H groups in total. The predicted octanol–water partition coefficient (Wildman–Crippen LogP) is 3.58. The van der Waals surface area contributed by atoms with Crippen LogP contribution in [-0.2, 0) is 21.5 Å². The van der Waals surface area contributed by atoms with Gasteiger partial charge in [-0.25, -0.2) is 9.78 Å². The second-order valence-electron chi connectivity index (χ2n) is 10.4. The van der Waals surface area contributed by atoms with Crippen LogP contribution in [0.1, 0.15) is 48.8 Å². The summed E-state index contributed by atoms with van der Waals surface area (Å²) in [6, 6.07) is 17.6. The molecular weight excluding hydrogens is 540 g/mol. The lowest BCUT2D eigenvalue weighted by Gasteiger charge is -2.21. The van der Waals surface area contributed by atoms with Crippen molar-refractivity contribution in [3.8, 4) is 11.4 Å². The first-order valence-corrected chi connectivity index (χ1v) is 13.5. The first-order valence-electron chi connectivity index (χ1n) is 13.5. The van der Waals surface area contributed by atoms with Gasteiger partial charge in [0.2, 0.25) is 17.6 Å². The van der Waals surface area contributed by atoms with E-state index >= 15 is 0 Å². The summed E-state index contributed by atoms with van der Waals surface area (Å²) in [5.41, 5.74) is 0.368. The maximum atomic E-state index is 13.5. The standard InChI is InChI=1S/C30H30N6O6/c1-18(2)23(24(38)26-34-35-28(42-26)30(14-15-30)20-12-8-5-9-13-20)33-22(37)17-36-25(19-10-6-4-7-11-19)31-16-21(27(36)39)32-29(40)41-3/h4-13,16,18,23H,14-15,17H2,1-3H3,(H,32,40)(H,33,37)/t23-/m1/s1. The average molecular weight is 571 g/mol. The third-order valence-electron chi connectivity index (χ3n) is 7.19. The molecule has 2 heterocycles. The van der Waals surface area contributed by atoms with Gasteiger partial charge in [-0.1, -0.05) is 74.5 Å². The van der Waals surface area contributed by atoms with Gasteiger partial charge < -0.3 is 14.5 Å². The molecule has 12 nitrogen and oxygen atoms in total. The number of nitrogens with one attached hydrogen (secondary N) is 2. The minimum absolute atomic E-state index is 0.170. The SMILES string of the molecule is COC(=O)Nc1cnc(-c2ccccc2)n(CC(=O)N[C@@H](C(=O)c2nnc(C3(c4ccccc4)CC3)o2)C(C)C)c1=O. The van der Waals surface area contributed by atoms with Gasteiger partial charge in [0, 0.05) is 5.56 Å². The number of carbonyl (C=O) groups excluding carboxylic acids is 3. The Kier molecular flexibility index (Phi) is 7.96. The zero-order chi connectivity index (χ0) is 29.9. The lowest BCUT2D eigenvalue weighted by atomic mass is 9.96. The molecule has 1 aliphatic carbocycles. The number of amides is 2. The van der Waals surface area contributed by atoms with E-state index in [1.807, 2.05) is 30.3 Å². The summed E-state index contributed by atoms with van der Waals surface area (Å²) < 4.78 is 11.6. The third kappa shape index (κ3) is 5.69. The summed E-state index contributed by atoms with van der Waals surface area (Å²) in [7, 11) is 1.16. The van der Waals surface area contributed by atoms with Gasteiger partial charge in [-0.2, -0.15) is 0 Å². The molecular formula is C30H30N6O6. The third-order valence-corrected chi connectivity index (χ3v) is 7.19. The van der Waals surface area contributed by atoms with Crippen molar-refractivity contribution in [2.45, 2.75) is 44.7 Å². The molecule has 0 bridgehead atoms. The van der Waals surface area contributed by atoms with Crippen LogP contribution >= 0.6 is 0 Å². The number of hydrogen-bond acceptors (Lipinski definition) is 9. The van der Waals surface area contributed by atoms with Crippen molar-refractivity contribution >= 4 is 23.5 Å². The fourth-order valence-corrected chi connectivity index (χ4v) is 4.76. The van der Waals surface area contributed by atoms with E-state index in [4.69, 9.17) is 4.42 Å². The number of nitrogens with zero attached hydrogens (tertiary/aromatic N) is 4. The van der Waals surface area contributed by atoms with Gasteiger partial charge in [-0.3, -0.25) is 24.3 Å². The first kappa shape index (κ1) is 28.4. The summed E-state index contributed by atoms with van der Waals surface area (Å²) in [6.45, 7) is 3.07. The van der Waals surface area contributed by atoms with Crippen LogP contribution in [0.2, 0.25) is 0 Å². The van der Waals surface area contributed by atoms with E-state index < -0.39 is 41.3 Å². The fraction of sp³-hybridized carbons (Fsp3) is 0.300. The van der Waals surface area contributed by atoms with Crippen molar-refractivity contribution in [1.29, 1.82) is 0 Å². The Labute approximate surface area is 241 Å². The van der Waals surface area contributed by atoms with Gasteiger partial charge in [-0.15, -0.1) is 10.2 Å². The molecule has 4 aromatic rings. The molecule has 0 aliphatic heterocycles. The highest BCUT2D eigenvalue weighted by atomic mass is 16.5. The topological polar surface area (TPSA) is 158 Å². The Bertz CT molecular complexity index is 1660. The largest absolute Gasteiger partial charge is 0.453 e. The highest BCUT2D eigenvalue weighted by Gasteiger charge is 2.51. The van der Waals surface area contributed by atoms with Crippen LogP contribution < -0.4 is 16.2 Å². The molecule has 2 aromatic heterocycles. The van der Waals surface area contributed by atoms with Crippen molar-refractivity contribution in [2.24, 2.45) is 5.92 Å². The number of carbonyl (C=O) groups is 3. The highest BCUT2D eigenvalue weighted by molar-refractivity contribution is 5.98. The van der Waals surface area contributed by atoms with Crippen LogP contribution in [0.5, 0.6) is 0 Å². The lowest BCUT2D eigenvalue weighted by molar-refractivity contribution is -0.122. The minimum atomic E-state index is -1.00. The summed E-state index contributed by atoms with van der Waals surface area (Å²) in [5.74, 6) is -1.12. The van der Waals surface area contributed by atoms with E-state index in [-0.39, 0.29) is 23.3 Å². The van der Waals surface area contributed by atoms with Crippen molar-refractivity contribution in [3.63, 3.8) is 0 Å². The number of Topliss-reactive ketones (excluding diaryl/α,β-unsaturated/α-hetero) is 1. The van der Waals surface area contributed by atoms with Crippen molar-refractivity contribution in [3.05, 3.63) is 94.6 Å². The van der Waals surface area contributed by atoms with Crippen LogP contribution in [-0.4, -0.2) is 50.7 Å². The van der Waals surface area contributed by atoms with Crippen LogP contribution in [0.3, 0.4) is 0 Å². The number of benzene rings is 2. The van der Waals surface area contributed by atoms with Crippen LogP contribution in [0, 0.1) is 5.92 Å². The Balaban J connectivity index is 1.38. The van der Waals surface area contributed by atoms with Gasteiger partial charge >= 0.3 is 6.09 Å². The molecule has 0 unspecified atom stereocenters.